The molecule has 0 spiro atoms. The Morgan fingerprint density at radius 2 is 1.88 bits per heavy atom. The first-order valence-corrected chi connectivity index (χ1v) is 7.94. The van der Waals surface area contributed by atoms with Gasteiger partial charge in [-0.3, -0.25) is 9.59 Å². The summed E-state index contributed by atoms with van der Waals surface area (Å²) >= 11 is 0. The number of hydrogen-bond acceptors (Lipinski definition) is 4. The minimum absolute atomic E-state index is 0.152. The van der Waals surface area contributed by atoms with Gasteiger partial charge in [-0.15, -0.1) is 0 Å². The van der Waals surface area contributed by atoms with Crippen molar-refractivity contribution in [2.75, 3.05) is 27.3 Å². The van der Waals surface area contributed by atoms with Gasteiger partial charge in [-0.1, -0.05) is 18.2 Å². The molecule has 6 nitrogen and oxygen atoms in total. The first kappa shape index (κ1) is 16.9. The third kappa shape index (κ3) is 3.01. The lowest BCUT2D eigenvalue weighted by Crippen LogP contribution is -2.61. The molecule has 2 amide bonds. The number of hydrogen-bond donors (Lipinski definition) is 1. The van der Waals surface area contributed by atoms with Crippen LogP contribution in [0.5, 0.6) is 0 Å². The molecule has 1 N–H and O–H groups in total. The van der Waals surface area contributed by atoms with Gasteiger partial charge in [0.05, 0.1) is 13.2 Å². The van der Waals surface area contributed by atoms with Crippen molar-refractivity contribution in [2.45, 2.75) is 30.6 Å². The average molecular weight is 336 g/mol. The number of amides is 2. The van der Waals surface area contributed by atoms with E-state index in [1.54, 1.807) is 32.3 Å². The number of ether oxygens (including phenoxy) is 2. The molecule has 0 aliphatic carbocycles. The van der Waals surface area contributed by atoms with E-state index in [9.17, 15) is 14.0 Å². The van der Waals surface area contributed by atoms with Crippen LogP contribution in [0, 0.1) is 5.82 Å². The molecule has 2 atom stereocenters. The highest BCUT2D eigenvalue weighted by Gasteiger charge is 2.46. The van der Waals surface area contributed by atoms with Crippen LogP contribution in [0.3, 0.4) is 0 Å². The maximum atomic E-state index is 14.1. The van der Waals surface area contributed by atoms with Gasteiger partial charge >= 0.3 is 0 Å². The fourth-order valence-electron chi connectivity index (χ4n) is 3.07. The van der Waals surface area contributed by atoms with Gasteiger partial charge in [-0.25, -0.2) is 4.39 Å². The molecule has 0 saturated carbocycles. The minimum Gasteiger partial charge on any atom is -0.376 e. The van der Waals surface area contributed by atoms with Crippen molar-refractivity contribution in [3.05, 3.63) is 35.6 Å². The van der Waals surface area contributed by atoms with Crippen LogP contribution in [0.2, 0.25) is 0 Å². The Bertz CT molecular complexity index is 645. The molecule has 2 saturated heterocycles. The van der Waals surface area contributed by atoms with Gasteiger partial charge in [0, 0.05) is 19.7 Å². The minimum atomic E-state index is -0.866. The largest absolute Gasteiger partial charge is 0.376 e. The highest BCUT2D eigenvalue weighted by atomic mass is 19.1. The fraction of sp³-hybridized carbons (Fsp3) is 0.529. The summed E-state index contributed by atoms with van der Waals surface area (Å²) in [5.41, 5.74) is -0.460. The summed E-state index contributed by atoms with van der Waals surface area (Å²) < 4.78 is 24.9. The second-order valence-electron chi connectivity index (χ2n) is 6.47. The topological polar surface area (TPSA) is 67.9 Å². The maximum absolute atomic E-state index is 14.1. The third-order valence-electron chi connectivity index (χ3n) is 4.48. The van der Waals surface area contributed by atoms with Gasteiger partial charge in [0.2, 0.25) is 5.91 Å². The Balaban J connectivity index is 1.68. The highest BCUT2D eigenvalue weighted by molar-refractivity contribution is 5.85. The number of nitrogens with zero attached hydrogens (tertiary/aromatic N) is 1. The van der Waals surface area contributed by atoms with Crippen LogP contribution < -0.4 is 5.32 Å². The monoisotopic (exact) mass is 336 g/mol. The van der Waals surface area contributed by atoms with Gasteiger partial charge < -0.3 is 19.7 Å². The Morgan fingerprint density at radius 3 is 2.46 bits per heavy atom. The van der Waals surface area contributed by atoms with Crippen molar-refractivity contribution < 1.29 is 23.5 Å². The summed E-state index contributed by atoms with van der Waals surface area (Å²) in [4.78, 5) is 25.9. The van der Waals surface area contributed by atoms with E-state index < -0.39 is 17.7 Å². The standard InChI is InChI=1S/C17H21FN2O4/c1-20(2)16(22)14-8-7-13(24-14)15(21)19-17(9-23-10-17)11-5-3-4-6-12(11)18/h3-6,13-14H,7-10H2,1-2H3,(H,19,21)/t13-,14+/m1/s1. The predicted octanol–water partition coefficient (Wildman–Crippen LogP) is 0.803. The third-order valence-corrected chi connectivity index (χ3v) is 4.48. The molecule has 3 rings (SSSR count). The normalized spacial score (nSPS) is 25.0. The molecule has 0 unspecified atom stereocenters. The highest BCUT2D eigenvalue weighted by Crippen LogP contribution is 2.32. The van der Waals surface area contributed by atoms with Crippen molar-refractivity contribution in [3.63, 3.8) is 0 Å². The van der Waals surface area contributed by atoms with Crippen LogP contribution in [-0.4, -0.2) is 56.2 Å². The van der Waals surface area contributed by atoms with Gasteiger partial charge in [0.25, 0.3) is 5.91 Å². The molecular weight excluding hydrogens is 315 g/mol. The number of benzene rings is 1. The number of rotatable bonds is 4. The Hall–Kier alpha value is -1.99. The zero-order valence-electron chi connectivity index (χ0n) is 13.8. The summed E-state index contributed by atoms with van der Waals surface area (Å²) in [6.45, 7) is 0.429. The first-order chi connectivity index (χ1) is 11.4. The lowest BCUT2D eigenvalue weighted by atomic mass is 9.87. The summed E-state index contributed by atoms with van der Waals surface area (Å²) in [6.07, 6.45) is -0.344. The molecule has 2 aliphatic heterocycles. The summed E-state index contributed by atoms with van der Waals surface area (Å²) in [7, 11) is 3.30. The SMILES string of the molecule is CN(C)C(=O)[C@@H]1CC[C@H](C(=O)NC2(c3ccccc3F)COC2)O1. The second kappa shape index (κ2) is 6.49. The summed E-state index contributed by atoms with van der Waals surface area (Å²) in [6, 6.07) is 6.33. The molecule has 130 valence electrons. The quantitative estimate of drug-likeness (QED) is 0.883. The average Bonchev–Trinajstić information content (AvgIpc) is 3.00. The maximum Gasteiger partial charge on any atom is 0.251 e. The fourth-order valence-corrected chi connectivity index (χ4v) is 3.07. The van der Waals surface area contributed by atoms with Gasteiger partial charge in [0.15, 0.2) is 0 Å². The summed E-state index contributed by atoms with van der Waals surface area (Å²) in [5, 5.41) is 2.86. The molecule has 0 radical (unpaired) electrons. The smallest absolute Gasteiger partial charge is 0.251 e. The zero-order chi connectivity index (χ0) is 17.3. The van der Waals surface area contributed by atoms with Crippen molar-refractivity contribution in [2.24, 2.45) is 0 Å². The Labute approximate surface area is 139 Å². The predicted molar refractivity (Wildman–Crippen MR) is 83.6 cm³/mol. The van der Waals surface area contributed by atoms with Crippen LogP contribution in [0.4, 0.5) is 4.39 Å². The Morgan fingerprint density at radius 1 is 1.21 bits per heavy atom. The Kier molecular flexibility index (Phi) is 4.56. The van der Waals surface area contributed by atoms with E-state index in [1.165, 1.54) is 11.0 Å². The van der Waals surface area contributed by atoms with E-state index in [0.29, 0.717) is 18.4 Å². The molecule has 2 fully saturated rings. The van der Waals surface area contributed by atoms with E-state index in [-0.39, 0.29) is 30.8 Å². The van der Waals surface area contributed by atoms with E-state index in [0.717, 1.165) is 0 Å². The first-order valence-electron chi connectivity index (χ1n) is 7.94. The van der Waals surface area contributed by atoms with E-state index >= 15 is 0 Å². The number of nitrogens with one attached hydrogen (secondary N) is 1. The number of likely N-dealkylation sites (N-methyl/N-ethyl adjacent to an activating group) is 1. The second-order valence-corrected chi connectivity index (χ2v) is 6.47. The van der Waals surface area contributed by atoms with Gasteiger partial charge in [0.1, 0.15) is 23.6 Å². The summed E-state index contributed by atoms with van der Waals surface area (Å²) in [5.74, 6) is -0.870. The number of carbonyl (C=O) groups is 2. The van der Waals surface area contributed by atoms with Crippen molar-refractivity contribution >= 4 is 11.8 Å². The van der Waals surface area contributed by atoms with E-state index in [2.05, 4.69) is 5.32 Å². The lowest BCUT2D eigenvalue weighted by Gasteiger charge is -2.43. The lowest BCUT2D eigenvalue weighted by molar-refractivity contribution is -0.150. The van der Waals surface area contributed by atoms with Crippen molar-refractivity contribution in [1.29, 1.82) is 0 Å². The molecule has 1 aromatic carbocycles. The molecule has 2 aliphatic rings. The van der Waals surface area contributed by atoms with E-state index in [4.69, 9.17) is 9.47 Å². The van der Waals surface area contributed by atoms with Crippen LogP contribution in [0.25, 0.3) is 0 Å². The van der Waals surface area contributed by atoms with Crippen molar-refractivity contribution in [3.8, 4) is 0 Å². The molecule has 1 aromatic rings. The molecule has 0 bridgehead atoms. The molecular formula is C17H21FN2O4. The molecule has 2 heterocycles. The van der Waals surface area contributed by atoms with Crippen LogP contribution in [0.15, 0.2) is 24.3 Å². The zero-order valence-corrected chi connectivity index (χ0v) is 13.8. The number of carbonyl (C=O) groups excluding carboxylic acids is 2. The van der Waals surface area contributed by atoms with E-state index in [1.807, 2.05) is 0 Å². The molecule has 0 aromatic heterocycles. The van der Waals surface area contributed by atoms with Crippen molar-refractivity contribution in [1.82, 2.24) is 10.2 Å². The number of halogens is 1. The molecule has 24 heavy (non-hydrogen) atoms. The molecule has 7 heteroatoms. The van der Waals surface area contributed by atoms with Crippen LogP contribution in [0.1, 0.15) is 18.4 Å². The van der Waals surface area contributed by atoms with Gasteiger partial charge in [-0.05, 0) is 18.9 Å². The van der Waals surface area contributed by atoms with Crippen LogP contribution >= 0.6 is 0 Å². The van der Waals surface area contributed by atoms with Crippen LogP contribution in [-0.2, 0) is 24.6 Å². The van der Waals surface area contributed by atoms with Gasteiger partial charge in [-0.2, -0.15) is 0 Å².